The summed E-state index contributed by atoms with van der Waals surface area (Å²) in [6, 6.07) is 3.37. The first-order valence-corrected chi connectivity index (χ1v) is 5.68. The van der Waals surface area contributed by atoms with Crippen LogP contribution in [0, 0.1) is 13.8 Å². The van der Waals surface area contributed by atoms with Gasteiger partial charge in [0.2, 0.25) is 0 Å². The van der Waals surface area contributed by atoms with Crippen LogP contribution in [0.2, 0.25) is 0 Å². The smallest absolute Gasteiger partial charge is 0.272 e. The number of hydrogen-bond donors (Lipinski definition) is 2. The van der Waals surface area contributed by atoms with E-state index in [9.17, 15) is 9.59 Å². The highest BCUT2D eigenvalue weighted by molar-refractivity contribution is 5.94. The molecular weight excluding hydrogens is 248 g/mol. The fraction of sp³-hybridized carbons (Fsp3) is 0.250. The zero-order chi connectivity index (χ0) is 13.8. The predicted octanol–water partition coefficient (Wildman–Crippen LogP) is 0.554. The second kappa shape index (κ2) is 5.38. The largest absolute Gasteiger partial charge is 0.472 e. The molecule has 2 heterocycles. The number of aryl methyl sites for hydroxylation is 2. The van der Waals surface area contributed by atoms with Gasteiger partial charge in [-0.25, -0.2) is 0 Å². The lowest BCUT2D eigenvalue weighted by molar-refractivity contribution is -0.122. The van der Waals surface area contributed by atoms with E-state index in [2.05, 4.69) is 16.0 Å². The van der Waals surface area contributed by atoms with E-state index >= 15 is 0 Å². The Hall–Kier alpha value is -2.57. The number of amides is 2. The molecule has 0 saturated carbocycles. The standard InChI is InChI=1S/C12H14N4O3/c1-8-5-9(2)16(15-8)6-11(17)13-14-12(18)10-3-4-19-7-10/h3-5,7H,6H2,1-2H3,(H,13,17)(H,14,18). The molecule has 19 heavy (non-hydrogen) atoms. The van der Waals surface area contributed by atoms with Crippen LogP contribution in [0.1, 0.15) is 21.7 Å². The number of carbonyl (C=O) groups excluding carboxylic acids is 2. The molecule has 0 bridgehead atoms. The van der Waals surface area contributed by atoms with Crippen molar-refractivity contribution >= 4 is 11.8 Å². The monoisotopic (exact) mass is 262 g/mol. The van der Waals surface area contributed by atoms with E-state index in [1.54, 1.807) is 4.68 Å². The van der Waals surface area contributed by atoms with E-state index in [0.717, 1.165) is 11.4 Å². The molecule has 100 valence electrons. The van der Waals surface area contributed by atoms with Crippen LogP contribution in [0.3, 0.4) is 0 Å². The van der Waals surface area contributed by atoms with Crippen molar-refractivity contribution < 1.29 is 14.0 Å². The van der Waals surface area contributed by atoms with E-state index in [1.807, 2.05) is 19.9 Å². The SMILES string of the molecule is Cc1cc(C)n(CC(=O)NNC(=O)c2ccoc2)n1. The van der Waals surface area contributed by atoms with E-state index < -0.39 is 5.91 Å². The molecule has 2 rings (SSSR count). The Morgan fingerprint density at radius 2 is 2.16 bits per heavy atom. The highest BCUT2D eigenvalue weighted by Gasteiger charge is 2.10. The summed E-state index contributed by atoms with van der Waals surface area (Å²) < 4.78 is 6.33. The van der Waals surface area contributed by atoms with Crippen LogP contribution in [0.15, 0.2) is 29.1 Å². The Bertz CT molecular complexity index is 586. The normalized spacial score (nSPS) is 10.2. The molecule has 0 spiro atoms. The third kappa shape index (κ3) is 3.21. The van der Waals surface area contributed by atoms with Gasteiger partial charge in [-0.05, 0) is 26.0 Å². The maximum atomic E-state index is 11.6. The molecule has 0 unspecified atom stereocenters. The van der Waals surface area contributed by atoms with Gasteiger partial charge in [-0.15, -0.1) is 0 Å². The van der Waals surface area contributed by atoms with Gasteiger partial charge in [0.1, 0.15) is 12.8 Å². The van der Waals surface area contributed by atoms with Crippen LogP contribution >= 0.6 is 0 Å². The number of hydrazine groups is 1. The van der Waals surface area contributed by atoms with Gasteiger partial charge in [0.05, 0.1) is 17.5 Å². The zero-order valence-electron chi connectivity index (χ0n) is 10.6. The third-order valence-electron chi connectivity index (χ3n) is 2.50. The Balaban J connectivity index is 1.85. The first-order valence-electron chi connectivity index (χ1n) is 5.68. The molecule has 0 aliphatic rings. The van der Waals surface area contributed by atoms with E-state index in [1.165, 1.54) is 18.6 Å². The van der Waals surface area contributed by atoms with Crippen molar-refractivity contribution in [3.05, 3.63) is 41.6 Å². The Morgan fingerprint density at radius 1 is 1.37 bits per heavy atom. The lowest BCUT2D eigenvalue weighted by atomic mass is 10.3. The van der Waals surface area contributed by atoms with Gasteiger partial charge in [-0.2, -0.15) is 5.10 Å². The number of nitrogens with zero attached hydrogens (tertiary/aromatic N) is 2. The topological polar surface area (TPSA) is 89.2 Å². The quantitative estimate of drug-likeness (QED) is 0.791. The van der Waals surface area contributed by atoms with Crippen LogP contribution < -0.4 is 10.9 Å². The van der Waals surface area contributed by atoms with Crippen LogP contribution in [-0.2, 0) is 11.3 Å². The number of rotatable bonds is 3. The van der Waals surface area contributed by atoms with Gasteiger partial charge in [-0.1, -0.05) is 0 Å². The van der Waals surface area contributed by atoms with Crippen molar-refractivity contribution in [1.29, 1.82) is 0 Å². The van der Waals surface area contributed by atoms with Crippen LogP contribution in [0.25, 0.3) is 0 Å². The van der Waals surface area contributed by atoms with Gasteiger partial charge in [-0.3, -0.25) is 25.1 Å². The average Bonchev–Trinajstić information content (AvgIpc) is 2.97. The fourth-order valence-electron chi connectivity index (χ4n) is 1.60. The molecule has 2 aromatic rings. The summed E-state index contributed by atoms with van der Waals surface area (Å²) in [6.45, 7) is 3.75. The molecule has 0 saturated heterocycles. The summed E-state index contributed by atoms with van der Waals surface area (Å²) in [7, 11) is 0. The molecule has 7 heteroatoms. The minimum absolute atomic E-state index is 0.0470. The molecule has 0 atom stereocenters. The van der Waals surface area contributed by atoms with E-state index in [0.29, 0.717) is 5.56 Å². The Labute approximate surface area is 109 Å². The summed E-state index contributed by atoms with van der Waals surface area (Å²) >= 11 is 0. The molecule has 0 aliphatic heterocycles. The van der Waals surface area contributed by atoms with Crippen molar-refractivity contribution in [3.8, 4) is 0 Å². The lowest BCUT2D eigenvalue weighted by Crippen LogP contribution is -2.43. The Morgan fingerprint density at radius 3 is 2.74 bits per heavy atom. The molecule has 0 radical (unpaired) electrons. The molecule has 2 N–H and O–H groups in total. The molecular formula is C12H14N4O3. The highest BCUT2D eigenvalue weighted by Crippen LogP contribution is 2.01. The van der Waals surface area contributed by atoms with Crippen LogP contribution in [-0.4, -0.2) is 21.6 Å². The number of carbonyl (C=O) groups is 2. The molecule has 7 nitrogen and oxygen atoms in total. The van der Waals surface area contributed by atoms with Gasteiger partial charge in [0, 0.05) is 5.69 Å². The van der Waals surface area contributed by atoms with Gasteiger partial charge < -0.3 is 4.42 Å². The maximum Gasteiger partial charge on any atom is 0.272 e. The molecule has 2 aromatic heterocycles. The van der Waals surface area contributed by atoms with Crippen molar-refractivity contribution in [1.82, 2.24) is 20.6 Å². The maximum absolute atomic E-state index is 11.6. The summed E-state index contributed by atoms with van der Waals surface area (Å²) in [5.41, 5.74) is 6.67. The molecule has 0 aliphatic carbocycles. The summed E-state index contributed by atoms with van der Waals surface area (Å²) in [4.78, 5) is 23.2. The number of aromatic nitrogens is 2. The van der Waals surface area contributed by atoms with Crippen LogP contribution in [0.5, 0.6) is 0 Å². The molecule has 0 fully saturated rings. The van der Waals surface area contributed by atoms with E-state index in [4.69, 9.17) is 4.42 Å². The minimum atomic E-state index is -0.435. The first kappa shape index (κ1) is 12.9. The summed E-state index contributed by atoms with van der Waals surface area (Å²) in [6.07, 6.45) is 2.68. The number of nitrogens with one attached hydrogen (secondary N) is 2. The summed E-state index contributed by atoms with van der Waals surface area (Å²) in [5, 5.41) is 4.16. The third-order valence-corrected chi connectivity index (χ3v) is 2.50. The Kier molecular flexibility index (Phi) is 3.65. The van der Waals surface area contributed by atoms with Crippen molar-refractivity contribution in [3.63, 3.8) is 0 Å². The average molecular weight is 262 g/mol. The lowest BCUT2D eigenvalue weighted by Gasteiger charge is -2.07. The van der Waals surface area contributed by atoms with Gasteiger partial charge >= 0.3 is 0 Å². The highest BCUT2D eigenvalue weighted by atomic mass is 16.3. The van der Waals surface area contributed by atoms with Gasteiger partial charge in [0.25, 0.3) is 11.8 Å². The predicted molar refractivity (Wildman–Crippen MR) is 66.0 cm³/mol. The second-order valence-electron chi connectivity index (χ2n) is 4.10. The van der Waals surface area contributed by atoms with Crippen molar-refractivity contribution in [2.24, 2.45) is 0 Å². The fourth-order valence-corrected chi connectivity index (χ4v) is 1.60. The van der Waals surface area contributed by atoms with Gasteiger partial charge in [0.15, 0.2) is 0 Å². The molecule has 0 aromatic carbocycles. The molecule has 2 amide bonds. The zero-order valence-corrected chi connectivity index (χ0v) is 10.6. The van der Waals surface area contributed by atoms with Crippen molar-refractivity contribution in [2.75, 3.05) is 0 Å². The summed E-state index contributed by atoms with van der Waals surface area (Å²) in [5.74, 6) is -0.793. The number of hydrogen-bond acceptors (Lipinski definition) is 4. The van der Waals surface area contributed by atoms with E-state index in [-0.39, 0.29) is 12.5 Å². The minimum Gasteiger partial charge on any atom is -0.472 e. The first-order chi connectivity index (χ1) is 9.06. The van der Waals surface area contributed by atoms with Crippen molar-refractivity contribution in [2.45, 2.75) is 20.4 Å². The van der Waals surface area contributed by atoms with Crippen LogP contribution in [0.4, 0.5) is 0 Å². The second-order valence-corrected chi connectivity index (χ2v) is 4.10. The number of furan rings is 1.